The zero-order valence-corrected chi connectivity index (χ0v) is 11.7. The number of hydrogen-bond acceptors (Lipinski definition) is 5. The van der Waals surface area contributed by atoms with Crippen molar-refractivity contribution in [3.63, 3.8) is 0 Å². The predicted molar refractivity (Wildman–Crippen MR) is 73.6 cm³/mol. The highest BCUT2D eigenvalue weighted by Crippen LogP contribution is 2.20. The minimum atomic E-state index is -0.0109. The van der Waals surface area contributed by atoms with Gasteiger partial charge in [-0.2, -0.15) is 11.3 Å². The summed E-state index contributed by atoms with van der Waals surface area (Å²) in [6.45, 7) is 1.90. The highest BCUT2D eigenvalue weighted by molar-refractivity contribution is 7.07. The molecule has 1 rings (SSSR count). The second-order valence-electron chi connectivity index (χ2n) is 4.07. The summed E-state index contributed by atoms with van der Waals surface area (Å²) in [6.07, 6.45) is 0. The van der Waals surface area contributed by atoms with Crippen LogP contribution in [0.15, 0.2) is 16.8 Å². The lowest BCUT2D eigenvalue weighted by atomic mass is 10.1. The van der Waals surface area contributed by atoms with Crippen LogP contribution in [0.3, 0.4) is 0 Å². The first-order valence-electron chi connectivity index (χ1n) is 5.87. The Morgan fingerprint density at radius 3 is 3.00 bits per heavy atom. The van der Waals surface area contributed by atoms with Gasteiger partial charge in [0.05, 0.1) is 13.2 Å². The normalized spacial score (nSPS) is 12.7. The van der Waals surface area contributed by atoms with Gasteiger partial charge >= 0.3 is 0 Å². The van der Waals surface area contributed by atoms with Crippen LogP contribution in [0, 0.1) is 0 Å². The molecule has 0 aliphatic carbocycles. The molecule has 0 aliphatic heterocycles. The Balaban J connectivity index is 2.42. The van der Waals surface area contributed by atoms with E-state index in [2.05, 4.69) is 10.7 Å². The van der Waals surface area contributed by atoms with E-state index in [4.69, 9.17) is 10.5 Å². The van der Waals surface area contributed by atoms with E-state index in [1.165, 1.54) is 0 Å². The Kier molecular flexibility index (Phi) is 6.89. The van der Waals surface area contributed by atoms with Crippen molar-refractivity contribution in [2.45, 2.75) is 6.04 Å². The molecular formula is C12H21N3O2S. The maximum atomic E-state index is 11.7. The number of carbonyl (C=O) groups excluding carboxylic acids is 1. The largest absolute Gasteiger partial charge is 0.383 e. The van der Waals surface area contributed by atoms with E-state index in [0.717, 1.165) is 5.56 Å². The van der Waals surface area contributed by atoms with Crippen molar-refractivity contribution >= 4 is 17.2 Å². The van der Waals surface area contributed by atoms with Crippen molar-refractivity contribution in [2.24, 2.45) is 5.73 Å². The van der Waals surface area contributed by atoms with Gasteiger partial charge in [-0.15, -0.1) is 0 Å². The van der Waals surface area contributed by atoms with Crippen LogP contribution < -0.4 is 11.1 Å². The number of nitrogens with two attached hydrogens (primary N) is 1. The first-order chi connectivity index (χ1) is 8.69. The molecule has 5 nitrogen and oxygen atoms in total. The number of hydrogen-bond donors (Lipinski definition) is 2. The lowest BCUT2D eigenvalue weighted by Crippen LogP contribution is -2.40. The minimum absolute atomic E-state index is 0.0109. The van der Waals surface area contributed by atoms with E-state index in [9.17, 15) is 4.79 Å². The van der Waals surface area contributed by atoms with Gasteiger partial charge in [-0.05, 0) is 29.4 Å². The van der Waals surface area contributed by atoms with Crippen molar-refractivity contribution in [1.82, 2.24) is 10.2 Å². The molecule has 18 heavy (non-hydrogen) atoms. The second kappa shape index (κ2) is 8.20. The number of carbonyl (C=O) groups is 1. The predicted octanol–water partition coefficient (Wildman–Crippen LogP) is 0.442. The molecule has 0 spiro atoms. The Hall–Kier alpha value is -0.950. The highest BCUT2D eigenvalue weighted by atomic mass is 32.1. The number of thiophene rings is 1. The Labute approximate surface area is 112 Å². The molecule has 3 N–H and O–H groups in total. The van der Waals surface area contributed by atoms with Gasteiger partial charge in [0.1, 0.15) is 0 Å². The van der Waals surface area contributed by atoms with Gasteiger partial charge in [0, 0.05) is 26.2 Å². The summed E-state index contributed by atoms with van der Waals surface area (Å²) in [4.78, 5) is 13.6. The zero-order chi connectivity index (χ0) is 13.4. The Morgan fingerprint density at radius 2 is 2.44 bits per heavy atom. The van der Waals surface area contributed by atoms with E-state index >= 15 is 0 Å². The Morgan fingerprint density at radius 1 is 1.67 bits per heavy atom. The van der Waals surface area contributed by atoms with Crippen molar-refractivity contribution in [1.29, 1.82) is 0 Å². The van der Waals surface area contributed by atoms with Gasteiger partial charge < -0.3 is 15.8 Å². The van der Waals surface area contributed by atoms with Gasteiger partial charge in [-0.25, -0.2) is 0 Å². The van der Waals surface area contributed by atoms with Gasteiger partial charge in [-0.3, -0.25) is 9.69 Å². The summed E-state index contributed by atoms with van der Waals surface area (Å²) >= 11 is 1.64. The first kappa shape index (κ1) is 15.1. The number of nitrogens with zero attached hydrogens (tertiary/aromatic N) is 1. The van der Waals surface area contributed by atoms with Crippen molar-refractivity contribution in [3.8, 4) is 0 Å². The molecule has 0 bridgehead atoms. The monoisotopic (exact) mass is 271 g/mol. The molecule has 0 fully saturated rings. The second-order valence-corrected chi connectivity index (χ2v) is 4.85. The first-order valence-corrected chi connectivity index (χ1v) is 6.81. The molecule has 0 aromatic carbocycles. The van der Waals surface area contributed by atoms with Crippen LogP contribution in [-0.4, -0.2) is 51.2 Å². The molecule has 0 radical (unpaired) electrons. The zero-order valence-electron chi connectivity index (χ0n) is 10.9. The number of amides is 1. The average Bonchev–Trinajstić information content (AvgIpc) is 2.84. The molecule has 1 unspecified atom stereocenters. The SMILES string of the molecule is COCCNC(=O)CN(C)C(CN)c1ccsc1. The summed E-state index contributed by atoms with van der Waals surface area (Å²) in [5.41, 5.74) is 6.94. The fraction of sp³-hybridized carbons (Fsp3) is 0.583. The molecule has 0 saturated heterocycles. The van der Waals surface area contributed by atoms with Crippen molar-refractivity contribution in [3.05, 3.63) is 22.4 Å². The molecule has 0 saturated carbocycles. The van der Waals surface area contributed by atoms with Crippen LogP contribution >= 0.6 is 11.3 Å². The highest BCUT2D eigenvalue weighted by Gasteiger charge is 2.17. The van der Waals surface area contributed by atoms with Crippen LogP contribution in [0.25, 0.3) is 0 Å². The van der Waals surface area contributed by atoms with Crippen LogP contribution in [0.2, 0.25) is 0 Å². The third kappa shape index (κ3) is 4.73. The van der Waals surface area contributed by atoms with Crippen LogP contribution in [0.4, 0.5) is 0 Å². The van der Waals surface area contributed by atoms with Gasteiger partial charge in [-0.1, -0.05) is 0 Å². The van der Waals surface area contributed by atoms with Crippen LogP contribution in [-0.2, 0) is 9.53 Å². The molecule has 1 heterocycles. The molecule has 0 aliphatic rings. The maximum absolute atomic E-state index is 11.7. The average molecular weight is 271 g/mol. The van der Waals surface area contributed by atoms with Crippen LogP contribution in [0.1, 0.15) is 11.6 Å². The smallest absolute Gasteiger partial charge is 0.234 e. The van der Waals surface area contributed by atoms with Gasteiger partial charge in [0.25, 0.3) is 0 Å². The van der Waals surface area contributed by atoms with Crippen molar-refractivity contribution in [2.75, 3.05) is 40.4 Å². The van der Waals surface area contributed by atoms with Crippen LogP contribution in [0.5, 0.6) is 0 Å². The summed E-state index contributed by atoms with van der Waals surface area (Å²) in [5.74, 6) is -0.0109. The van der Waals surface area contributed by atoms with Gasteiger partial charge in [0.15, 0.2) is 0 Å². The lowest BCUT2D eigenvalue weighted by molar-refractivity contribution is -0.122. The Bertz CT molecular complexity index is 343. The van der Waals surface area contributed by atoms with E-state index in [1.807, 2.05) is 23.4 Å². The molecule has 102 valence electrons. The number of ether oxygens (including phenoxy) is 1. The summed E-state index contributed by atoms with van der Waals surface area (Å²) in [5, 5.41) is 6.88. The number of likely N-dealkylation sites (N-methyl/N-ethyl adjacent to an activating group) is 1. The molecular weight excluding hydrogens is 250 g/mol. The third-order valence-corrected chi connectivity index (χ3v) is 3.41. The number of rotatable bonds is 8. The number of methoxy groups -OCH3 is 1. The van der Waals surface area contributed by atoms with E-state index < -0.39 is 0 Å². The summed E-state index contributed by atoms with van der Waals surface area (Å²) in [7, 11) is 3.52. The van der Waals surface area contributed by atoms with Gasteiger partial charge in [0.2, 0.25) is 5.91 Å². The fourth-order valence-corrected chi connectivity index (χ4v) is 2.43. The standard InChI is InChI=1S/C12H21N3O2S/c1-15(8-12(16)14-4-5-17-2)11(7-13)10-3-6-18-9-10/h3,6,9,11H,4-5,7-8,13H2,1-2H3,(H,14,16). The van der Waals surface area contributed by atoms with E-state index in [1.54, 1.807) is 18.4 Å². The summed E-state index contributed by atoms with van der Waals surface area (Å²) in [6, 6.07) is 2.13. The van der Waals surface area contributed by atoms with E-state index in [-0.39, 0.29) is 11.9 Å². The summed E-state index contributed by atoms with van der Waals surface area (Å²) < 4.78 is 4.88. The van der Waals surface area contributed by atoms with E-state index in [0.29, 0.717) is 26.2 Å². The lowest BCUT2D eigenvalue weighted by Gasteiger charge is -2.25. The molecule has 1 atom stereocenters. The maximum Gasteiger partial charge on any atom is 0.234 e. The topological polar surface area (TPSA) is 67.6 Å². The minimum Gasteiger partial charge on any atom is -0.383 e. The van der Waals surface area contributed by atoms with Crippen molar-refractivity contribution < 1.29 is 9.53 Å². The molecule has 1 aromatic heterocycles. The third-order valence-electron chi connectivity index (χ3n) is 2.70. The molecule has 1 aromatic rings. The molecule has 1 amide bonds. The quantitative estimate of drug-likeness (QED) is 0.673. The fourth-order valence-electron chi connectivity index (χ4n) is 1.72. The molecule has 6 heteroatoms. The number of nitrogens with one attached hydrogen (secondary N) is 1.